The van der Waals surface area contributed by atoms with E-state index in [-0.39, 0.29) is 13.8 Å². The average molecular weight is 660 g/mol. The summed E-state index contributed by atoms with van der Waals surface area (Å²) in [4.78, 5) is 58.1. The second-order valence-corrected chi connectivity index (χ2v) is 8.86. The van der Waals surface area contributed by atoms with Crippen LogP contribution in [0.5, 0.6) is 0 Å². The molecular weight excluding hydrogens is 640 g/mol. The fourth-order valence-corrected chi connectivity index (χ4v) is 2.70. The zero-order valence-electron chi connectivity index (χ0n) is 21.9. The van der Waals surface area contributed by atoms with E-state index in [9.17, 15) is 76.7 Å². The van der Waals surface area contributed by atoms with Gasteiger partial charge in [-0.05, 0) is 13.8 Å². The van der Waals surface area contributed by atoms with Gasteiger partial charge in [0, 0.05) is 19.4 Å². The summed E-state index contributed by atoms with van der Waals surface area (Å²) in [5.74, 6) is -12.8. The van der Waals surface area contributed by atoms with Gasteiger partial charge in [-0.25, -0.2) is 14.4 Å². The van der Waals surface area contributed by atoms with Gasteiger partial charge in [0.05, 0.1) is 5.41 Å². The lowest BCUT2D eigenvalue weighted by atomic mass is 9.93. The highest BCUT2D eigenvalue weighted by molar-refractivity contribution is 5.87. The van der Waals surface area contributed by atoms with Crippen molar-refractivity contribution < 1.29 is 100 Å². The average Bonchev–Trinajstić information content (AvgIpc) is 2.77. The Kier molecular flexibility index (Phi) is 11.7. The highest BCUT2D eigenvalue weighted by Gasteiger charge is 2.81. The van der Waals surface area contributed by atoms with Gasteiger partial charge in [0.1, 0.15) is 19.8 Å². The molecule has 0 atom stereocenters. The largest absolute Gasteiger partial charge is 0.461 e. The summed E-state index contributed by atoms with van der Waals surface area (Å²) >= 11 is 0. The van der Waals surface area contributed by atoms with Crippen LogP contribution < -0.4 is 0 Å². The van der Waals surface area contributed by atoms with Crippen LogP contribution in [-0.2, 0) is 47.7 Å². The Labute approximate surface area is 232 Å². The summed E-state index contributed by atoms with van der Waals surface area (Å²) < 4.78 is 180. The molecule has 22 heteroatoms. The first-order valence-corrected chi connectivity index (χ1v) is 10.7. The Morgan fingerprint density at radius 3 is 1.00 bits per heavy atom. The van der Waals surface area contributed by atoms with E-state index < -0.39 is 96.6 Å². The Hall–Kier alpha value is -3.75. The number of hydrogen-bond acceptors (Lipinski definition) is 10. The molecule has 0 saturated heterocycles. The number of halogens is 12. The number of rotatable bonds is 11. The van der Waals surface area contributed by atoms with Crippen molar-refractivity contribution in [2.24, 2.45) is 5.41 Å². The standard InChI is InChI=1S/C21H20F12O10/c1-9(2)12(36)39-6-15(5,7-40-13(37)16(18(22,23)24,19(25,26)27)42-10(3)34)8-41-14(38)17(20(28,29)30,21(31,32)33)43-11(4)35/h1,6-8H2,2-5H3. The highest BCUT2D eigenvalue weighted by atomic mass is 19.4. The topological polar surface area (TPSA) is 132 Å². The first-order chi connectivity index (χ1) is 18.9. The van der Waals surface area contributed by atoms with Crippen molar-refractivity contribution >= 4 is 29.8 Å². The quantitative estimate of drug-likeness (QED) is 0.139. The van der Waals surface area contributed by atoms with Crippen molar-refractivity contribution in [1.29, 1.82) is 0 Å². The summed E-state index contributed by atoms with van der Waals surface area (Å²) in [5.41, 5.74) is -15.2. The molecule has 0 rings (SSSR count). The monoisotopic (exact) mass is 660 g/mol. The third-order valence-corrected chi connectivity index (χ3v) is 4.77. The molecule has 0 amide bonds. The van der Waals surface area contributed by atoms with Gasteiger partial charge >= 0.3 is 65.8 Å². The fraction of sp³-hybridized carbons (Fsp3) is 0.667. The summed E-state index contributed by atoms with van der Waals surface area (Å²) in [6, 6.07) is 0. The predicted molar refractivity (Wildman–Crippen MR) is 109 cm³/mol. The van der Waals surface area contributed by atoms with Crippen LogP contribution in [0.15, 0.2) is 12.2 Å². The van der Waals surface area contributed by atoms with Crippen molar-refractivity contribution in [1.82, 2.24) is 0 Å². The molecule has 0 fully saturated rings. The molecule has 248 valence electrons. The zero-order chi connectivity index (χ0) is 34.6. The molecule has 0 aromatic carbocycles. The van der Waals surface area contributed by atoms with Gasteiger partial charge in [-0.3, -0.25) is 9.59 Å². The number of esters is 5. The summed E-state index contributed by atoms with van der Waals surface area (Å²) in [6.45, 7) is -0.661. The smallest absolute Gasteiger partial charge is 0.449 e. The van der Waals surface area contributed by atoms with Crippen LogP contribution in [0.2, 0.25) is 0 Å². The molecular formula is C21H20F12O10. The lowest BCUT2D eigenvalue weighted by Gasteiger charge is -2.36. The van der Waals surface area contributed by atoms with Crippen molar-refractivity contribution in [3.05, 3.63) is 12.2 Å². The van der Waals surface area contributed by atoms with E-state index in [1.54, 1.807) is 0 Å². The molecule has 0 radical (unpaired) electrons. The third-order valence-electron chi connectivity index (χ3n) is 4.77. The molecule has 0 saturated carbocycles. The van der Waals surface area contributed by atoms with Crippen LogP contribution >= 0.6 is 0 Å². The number of hydrogen-bond donors (Lipinski definition) is 0. The van der Waals surface area contributed by atoms with Crippen molar-refractivity contribution in [3.8, 4) is 0 Å². The molecule has 0 spiro atoms. The molecule has 0 heterocycles. The predicted octanol–water partition coefficient (Wildman–Crippen LogP) is 4.05. The van der Waals surface area contributed by atoms with Crippen LogP contribution in [0, 0.1) is 5.41 Å². The van der Waals surface area contributed by atoms with Gasteiger partial charge in [-0.2, -0.15) is 52.7 Å². The highest BCUT2D eigenvalue weighted by Crippen LogP contribution is 2.48. The molecule has 0 bridgehead atoms. The maximum atomic E-state index is 13.5. The van der Waals surface area contributed by atoms with Crippen LogP contribution in [0.4, 0.5) is 52.7 Å². The van der Waals surface area contributed by atoms with E-state index in [0.29, 0.717) is 6.92 Å². The first kappa shape index (κ1) is 39.2. The molecule has 0 unspecified atom stereocenters. The van der Waals surface area contributed by atoms with E-state index in [4.69, 9.17) is 0 Å². The Morgan fingerprint density at radius 2 is 0.791 bits per heavy atom. The van der Waals surface area contributed by atoms with Gasteiger partial charge in [-0.1, -0.05) is 6.58 Å². The molecule has 0 aromatic rings. The van der Waals surface area contributed by atoms with Gasteiger partial charge in [-0.15, -0.1) is 0 Å². The van der Waals surface area contributed by atoms with Gasteiger partial charge in [0.15, 0.2) is 0 Å². The van der Waals surface area contributed by atoms with Crippen LogP contribution in [0.3, 0.4) is 0 Å². The van der Waals surface area contributed by atoms with Crippen molar-refractivity contribution in [3.63, 3.8) is 0 Å². The van der Waals surface area contributed by atoms with Crippen LogP contribution in [0.1, 0.15) is 27.7 Å². The lowest BCUT2D eigenvalue weighted by molar-refractivity contribution is -0.359. The number of ether oxygens (including phenoxy) is 5. The molecule has 0 aliphatic rings. The van der Waals surface area contributed by atoms with Gasteiger partial charge in [0.25, 0.3) is 0 Å². The Balaban J connectivity index is 6.67. The van der Waals surface area contributed by atoms with Crippen molar-refractivity contribution in [2.75, 3.05) is 19.8 Å². The third kappa shape index (κ3) is 8.65. The minimum absolute atomic E-state index is 0.0385. The van der Waals surface area contributed by atoms with Gasteiger partial charge < -0.3 is 23.7 Å². The van der Waals surface area contributed by atoms with Crippen LogP contribution in [-0.4, -0.2) is 85.6 Å². The lowest BCUT2D eigenvalue weighted by Crippen LogP contribution is -2.66. The zero-order valence-corrected chi connectivity index (χ0v) is 21.9. The van der Waals surface area contributed by atoms with E-state index in [1.807, 2.05) is 0 Å². The fourth-order valence-electron chi connectivity index (χ4n) is 2.70. The maximum absolute atomic E-state index is 13.5. The second kappa shape index (κ2) is 12.9. The summed E-state index contributed by atoms with van der Waals surface area (Å²) in [7, 11) is 0. The molecule has 0 N–H and O–H groups in total. The summed E-state index contributed by atoms with van der Waals surface area (Å²) in [5, 5.41) is 0. The number of carbonyl (C=O) groups is 5. The molecule has 0 aliphatic carbocycles. The van der Waals surface area contributed by atoms with Crippen molar-refractivity contribution in [2.45, 2.75) is 63.6 Å². The molecule has 43 heavy (non-hydrogen) atoms. The molecule has 10 nitrogen and oxygen atoms in total. The van der Waals surface area contributed by atoms with E-state index in [1.165, 1.54) is 0 Å². The maximum Gasteiger partial charge on any atom is 0.449 e. The number of alkyl halides is 12. The molecule has 0 aliphatic heterocycles. The SMILES string of the molecule is C=C(C)C(=O)OCC(C)(COC(=O)C(OC(C)=O)(C(F)(F)F)C(F)(F)F)COC(=O)C(OC(C)=O)(C(F)(F)F)C(F)(F)F. The van der Waals surface area contributed by atoms with E-state index in [0.717, 1.165) is 6.92 Å². The molecule has 0 aromatic heterocycles. The second-order valence-electron chi connectivity index (χ2n) is 8.86. The summed E-state index contributed by atoms with van der Waals surface area (Å²) in [6.07, 6.45) is -27.0. The minimum atomic E-state index is -6.76. The number of carbonyl (C=O) groups excluding carboxylic acids is 5. The Bertz CT molecular complexity index is 1010. The van der Waals surface area contributed by atoms with Crippen LogP contribution in [0.25, 0.3) is 0 Å². The van der Waals surface area contributed by atoms with E-state index >= 15 is 0 Å². The first-order valence-electron chi connectivity index (χ1n) is 10.7. The Morgan fingerprint density at radius 1 is 0.535 bits per heavy atom. The van der Waals surface area contributed by atoms with E-state index in [2.05, 4.69) is 30.3 Å². The van der Waals surface area contributed by atoms with Gasteiger partial charge in [0.2, 0.25) is 0 Å². The minimum Gasteiger partial charge on any atom is -0.461 e. The normalized spacial score (nSPS) is 13.5.